The highest BCUT2D eigenvalue weighted by molar-refractivity contribution is 5.62. The van der Waals surface area contributed by atoms with Crippen LogP contribution in [0.5, 0.6) is 0 Å². The summed E-state index contributed by atoms with van der Waals surface area (Å²) in [6, 6.07) is 6.04. The zero-order valence-corrected chi connectivity index (χ0v) is 10.1. The molecule has 1 aromatic carbocycles. The molecule has 0 aliphatic heterocycles. The van der Waals surface area contributed by atoms with Crippen LogP contribution in [0.25, 0.3) is 23.0 Å². The van der Waals surface area contributed by atoms with E-state index in [1.54, 1.807) is 12.3 Å². The molecule has 2 N–H and O–H groups in total. The molecule has 0 saturated heterocycles. The van der Waals surface area contributed by atoms with Crippen LogP contribution in [0, 0.1) is 12.7 Å². The second-order valence-corrected chi connectivity index (χ2v) is 4.09. The number of anilines is 1. The number of nitrogens with zero attached hydrogens (tertiary/aromatic N) is 2. The van der Waals surface area contributed by atoms with E-state index < -0.39 is 5.82 Å². The van der Waals surface area contributed by atoms with E-state index >= 15 is 0 Å². The van der Waals surface area contributed by atoms with Crippen molar-refractivity contribution >= 4 is 5.69 Å². The van der Waals surface area contributed by atoms with Gasteiger partial charge in [-0.2, -0.15) is 4.98 Å². The number of hydrogen-bond donors (Lipinski definition) is 1. The van der Waals surface area contributed by atoms with Gasteiger partial charge in [-0.25, -0.2) is 4.39 Å². The van der Waals surface area contributed by atoms with E-state index in [1.807, 2.05) is 6.92 Å². The Morgan fingerprint density at radius 1 is 1.26 bits per heavy atom. The van der Waals surface area contributed by atoms with Crippen molar-refractivity contribution in [3.63, 3.8) is 0 Å². The molecule has 2 heterocycles. The molecule has 0 bridgehead atoms. The molecule has 96 valence electrons. The second kappa shape index (κ2) is 4.24. The molecule has 3 rings (SSSR count). The van der Waals surface area contributed by atoms with Gasteiger partial charge < -0.3 is 14.7 Å². The number of furan rings is 1. The van der Waals surface area contributed by atoms with Gasteiger partial charge >= 0.3 is 0 Å². The van der Waals surface area contributed by atoms with E-state index in [2.05, 4.69) is 10.1 Å². The summed E-state index contributed by atoms with van der Waals surface area (Å²) in [4.78, 5) is 4.21. The minimum Gasteiger partial charge on any atom is -0.461 e. The third kappa shape index (κ3) is 1.97. The van der Waals surface area contributed by atoms with E-state index in [9.17, 15) is 4.39 Å². The smallest absolute Gasteiger partial charge is 0.258 e. The van der Waals surface area contributed by atoms with Gasteiger partial charge in [0.05, 0.1) is 12.0 Å². The standard InChI is InChI=1S/C13H10FN3O2/c1-7-4-5-18-11(7)12-16-13(19-17-12)8-2-3-9(14)10(15)6-8/h2-6H,15H2,1H3. The molecular formula is C13H10FN3O2. The lowest BCUT2D eigenvalue weighted by molar-refractivity contribution is 0.429. The third-order valence-electron chi connectivity index (χ3n) is 2.73. The van der Waals surface area contributed by atoms with E-state index in [1.165, 1.54) is 18.2 Å². The Kier molecular flexibility index (Phi) is 2.56. The topological polar surface area (TPSA) is 78.1 Å². The first-order chi connectivity index (χ1) is 9.15. The average molecular weight is 259 g/mol. The molecule has 6 heteroatoms. The van der Waals surface area contributed by atoms with Crippen LogP contribution < -0.4 is 5.73 Å². The van der Waals surface area contributed by atoms with Gasteiger partial charge in [-0.05, 0) is 36.8 Å². The van der Waals surface area contributed by atoms with Crippen LogP contribution in [-0.2, 0) is 0 Å². The largest absolute Gasteiger partial charge is 0.461 e. The van der Waals surface area contributed by atoms with Crippen LogP contribution in [0.4, 0.5) is 10.1 Å². The summed E-state index contributed by atoms with van der Waals surface area (Å²) in [5.74, 6) is 0.674. The zero-order valence-electron chi connectivity index (χ0n) is 10.1. The molecule has 0 atom stereocenters. The predicted octanol–water partition coefficient (Wildman–Crippen LogP) is 3.03. The first kappa shape index (κ1) is 11.5. The average Bonchev–Trinajstić information content (AvgIpc) is 3.01. The van der Waals surface area contributed by atoms with Crippen molar-refractivity contribution in [2.24, 2.45) is 0 Å². The lowest BCUT2D eigenvalue weighted by Crippen LogP contribution is -1.90. The van der Waals surface area contributed by atoms with Crippen molar-refractivity contribution in [3.8, 4) is 23.0 Å². The zero-order chi connectivity index (χ0) is 13.4. The molecule has 0 aliphatic carbocycles. The lowest BCUT2D eigenvalue weighted by Gasteiger charge is -1.97. The SMILES string of the molecule is Cc1ccoc1-c1noc(-c2ccc(F)c(N)c2)n1. The number of benzene rings is 1. The fourth-order valence-electron chi connectivity index (χ4n) is 1.71. The maximum atomic E-state index is 13.1. The summed E-state index contributed by atoms with van der Waals surface area (Å²) < 4.78 is 23.5. The molecule has 0 amide bonds. The molecule has 19 heavy (non-hydrogen) atoms. The number of halogens is 1. The lowest BCUT2D eigenvalue weighted by atomic mass is 10.2. The summed E-state index contributed by atoms with van der Waals surface area (Å²) in [7, 11) is 0. The van der Waals surface area contributed by atoms with Gasteiger partial charge in [0.25, 0.3) is 5.89 Å². The molecular weight excluding hydrogens is 249 g/mol. The van der Waals surface area contributed by atoms with Crippen LogP contribution in [0.2, 0.25) is 0 Å². The fraction of sp³-hybridized carbons (Fsp3) is 0.0769. The van der Waals surface area contributed by atoms with Gasteiger partial charge in [0.15, 0.2) is 5.76 Å². The third-order valence-corrected chi connectivity index (χ3v) is 2.73. The van der Waals surface area contributed by atoms with E-state index in [0.29, 0.717) is 17.1 Å². The van der Waals surface area contributed by atoms with Gasteiger partial charge in [0.1, 0.15) is 5.82 Å². The second-order valence-electron chi connectivity index (χ2n) is 4.09. The Morgan fingerprint density at radius 3 is 2.79 bits per heavy atom. The van der Waals surface area contributed by atoms with Crippen LogP contribution >= 0.6 is 0 Å². The van der Waals surface area contributed by atoms with Crippen LogP contribution in [0.3, 0.4) is 0 Å². The van der Waals surface area contributed by atoms with Crippen molar-refractivity contribution in [2.45, 2.75) is 6.92 Å². The van der Waals surface area contributed by atoms with Crippen molar-refractivity contribution in [3.05, 3.63) is 41.9 Å². The monoisotopic (exact) mass is 259 g/mol. The van der Waals surface area contributed by atoms with Crippen LogP contribution in [0.1, 0.15) is 5.56 Å². The molecule has 0 spiro atoms. The summed E-state index contributed by atoms with van der Waals surface area (Å²) >= 11 is 0. The molecule has 0 saturated carbocycles. The van der Waals surface area contributed by atoms with E-state index in [-0.39, 0.29) is 11.6 Å². The Morgan fingerprint density at radius 2 is 2.11 bits per heavy atom. The summed E-state index contributed by atoms with van der Waals surface area (Å²) in [5, 5.41) is 3.83. The number of nitrogen functional groups attached to an aromatic ring is 1. The molecule has 2 aromatic heterocycles. The van der Waals surface area contributed by atoms with E-state index in [0.717, 1.165) is 5.56 Å². The van der Waals surface area contributed by atoms with Crippen LogP contribution in [0.15, 0.2) is 39.5 Å². The van der Waals surface area contributed by atoms with E-state index in [4.69, 9.17) is 14.7 Å². The molecule has 0 unspecified atom stereocenters. The highest BCUT2D eigenvalue weighted by atomic mass is 19.1. The van der Waals surface area contributed by atoms with Crippen molar-refractivity contribution in [1.82, 2.24) is 10.1 Å². The van der Waals surface area contributed by atoms with Crippen molar-refractivity contribution in [1.29, 1.82) is 0 Å². The normalized spacial score (nSPS) is 10.8. The molecule has 0 radical (unpaired) electrons. The highest BCUT2D eigenvalue weighted by Crippen LogP contribution is 2.26. The van der Waals surface area contributed by atoms with Crippen molar-refractivity contribution < 1.29 is 13.3 Å². The predicted molar refractivity (Wildman–Crippen MR) is 66.5 cm³/mol. The number of rotatable bonds is 2. The maximum absolute atomic E-state index is 13.1. The number of nitrogens with two attached hydrogens (primary N) is 1. The minimum atomic E-state index is -0.481. The Labute approximate surface area is 107 Å². The highest BCUT2D eigenvalue weighted by Gasteiger charge is 2.15. The van der Waals surface area contributed by atoms with Gasteiger partial charge in [-0.1, -0.05) is 5.16 Å². The first-order valence-corrected chi connectivity index (χ1v) is 5.59. The first-order valence-electron chi connectivity index (χ1n) is 5.59. The number of aryl methyl sites for hydroxylation is 1. The number of aromatic nitrogens is 2. The fourth-order valence-corrected chi connectivity index (χ4v) is 1.71. The summed E-state index contributed by atoms with van der Waals surface area (Å²) in [6.07, 6.45) is 1.55. The minimum absolute atomic E-state index is 0.0337. The molecule has 0 fully saturated rings. The van der Waals surface area contributed by atoms with Crippen LogP contribution in [-0.4, -0.2) is 10.1 Å². The van der Waals surface area contributed by atoms with Gasteiger partial charge in [0.2, 0.25) is 5.82 Å². The Bertz CT molecular complexity index is 733. The molecule has 5 nitrogen and oxygen atoms in total. The van der Waals surface area contributed by atoms with Gasteiger partial charge in [-0.3, -0.25) is 0 Å². The maximum Gasteiger partial charge on any atom is 0.258 e. The Hall–Kier alpha value is -2.63. The quantitative estimate of drug-likeness (QED) is 0.715. The van der Waals surface area contributed by atoms with Gasteiger partial charge in [0, 0.05) is 5.56 Å². The summed E-state index contributed by atoms with van der Waals surface area (Å²) in [5.41, 5.74) is 7.00. The van der Waals surface area contributed by atoms with Crippen molar-refractivity contribution in [2.75, 3.05) is 5.73 Å². The summed E-state index contributed by atoms with van der Waals surface area (Å²) in [6.45, 7) is 1.88. The molecule has 3 aromatic rings. The number of hydrogen-bond acceptors (Lipinski definition) is 5. The molecule has 0 aliphatic rings. The van der Waals surface area contributed by atoms with Gasteiger partial charge in [-0.15, -0.1) is 0 Å². The Balaban J connectivity index is 2.01.